The molecule has 124 valence electrons. The number of benzene rings is 1. The van der Waals surface area contributed by atoms with E-state index in [2.05, 4.69) is 24.1 Å². The van der Waals surface area contributed by atoms with Gasteiger partial charge in [0, 0.05) is 25.3 Å². The van der Waals surface area contributed by atoms with Gasteiger partial charge in [0.25, 0.3) is 5.91 Å². The highest BCUT2D eigenvalue weighted by Crippen LogP contribution is 2.27. The third-order valence-electron chi connectivity index (χ3n) is 3.23. The molecule has 5 heteroatoms. The van der Waals surface area contributed by atoms with E-state index in [1.54, 1.807) is 0 Å². The molecular formula is C18H24N2O2S. The molecule has 0 saturated carbocycles. The molecule has 1 heterocycles. The van der Waals surface area contributed by atoms with Crippen LogP contribution in [0.15, 0.2) is 30.3 Å². The van der Waals surface area contributed by atoms with Gasteiger partial charge in [0.15, 0.2) is 0 Å². The van der Waals surface area contributed by atoms with Crippen LogP contribution in [-0.4, -0.2) is 30.6 Å². The van der Waals surface area contributed by atoms with Crippen LogP contribution in [0.5, 0.6) is 0 Å². The van der Waals surface area contributed by atoms with Crippen molar-refractivity contribution in [3.63, 3.8) is 0 Å². The Hall–Kier alpha value is -1.72. The number of aryl methyl sites for hydroxylation is 1. The number of aromatic nitrogens is 1. The Bertz CT molecular complexity index is 623. The lowest BCUT2D eigenvalue weighted by atomic mass is 10.2. The minimum absolute atomic E-state index is 0.0500. The van der Waals surface area contributed by atoms with Crippen molar-refractivity contribution in [1.29, 1.82) is 0 Å². The number of ether oxygens (including phenoxy) is 1. The maximum absolute atomic E-state index is 12.3. The van der Waals surface area contributed by atoms with Crippen LogP contribution in [0, 0.1) is 12.8 Å². The summed E-state index contributed by atoms with van der Waals surface area (Å²) in [5.41, 5.74) is 1.82. The Morgan fingerprint density at radius 3 is 2.74 bits per heavy atom. The van der Waals surface area contributed by atoms with Crippen LogP contribution in [0.3, 0.4) is 0 Å². The summed E-state index contributed by atoms with van der Waals surface area (Å²) in [4.78, 5) is 17.5. The van der Waals surface area contributed by atoms with Gasteiger partial charge < -0.3 is 10.1 Å². The number of amides is 1. The Morgan fingerprint density at radius 1 is 1.30 bits per heavy atom. The number of hydrogen-bond donors (Lipinski definition) is 1. The van der Waals surface area contributed by atoms with E-state index < -0.39 is 0 Å². The van der Waals surface area contributed by atoms with Crippen LogP contribution in [0.1, 0.15) is 35.6 Å². The first-order valence-electron chi connectivity index (χ1n) is 7.96. The van der Waals surface area contributed by atoms with E-state index in [1.807, 2.05) is 37.3 Å². The molecule has 0 atom stereocenters. The molecule has 1 N–H and O–H groups in total. The summed E-state index contributed by atoms with van der Waals surface area (Å²) in [6.45, 7) is 8.19. The topological polar surface area (TPSA) is 51.2 Å². The number of nitrogens with one attached hydrogen (secondary N) is 1. The molecule has 1 aromatic heterocycles. The number of rotatable bonds is 8. The first-order valence-corrected chi connectivity index (χ1v) is 8.78. The van der Waals surface area contributed by atoms with Crippen molar-refractivity contribution >= 4 is 17.2 Å². The predicted molar refractivity (Wildman–Crippen MR) is 94.9 cm³/mol. The quantitative estimate of drug-likeness (QED) is 0.746. The second-order valence-corrected chi connectivity index (χ2v) is 6.88. The van der Waals surface area contributed by atoms with Crippen LogP contribution in [0.2, 0.25) is 0 Å². The molecule has 0 fully saturated rings. The van der Waals surface area contributed by atoms with E-state index in [0.29, 0.717) is 23.9 Å². The number of thiazole rings is 1. The third-order valence-corrected chi connectivity index (χ3v) is 4.43. The highest BCUT2D eigenvalue weighted by Gasteiger charge is 2.15. The summed E-state index contributed by atoms with van der Waals surface area (Å²) in [5.74, 6) is 0.492. The fraction of sp³-hybridized carbons (Fsp3) is 0.444. The Balaban J connectivity index is 1.84. The summed E-state index contributed by atoms with van der Waals surface area (Å²) < 4.78 is 5.51. The molecule has 0 aliphatic rings. The summed E-state index contributed by atoms with van der Waals surface area (Å²) in [6, 6.07) is 9.93. The molecule has 0 aliphatic heterocycles. The van der Waals surface area contributed by atoms with Crippen LogP contribution in [0.4, 0.5) is 0 Å². The SMILES string of the molecule is Cc1nc(-c2ccccc2)sc1C(=O)NCCCOCC(C)C. The first-order chi connectivity index (χ1) is 11.1. The average molecular weight is 332 g/mol. The molecule has 2 aromatic rings. The van der Waals surface area contributed by atoms with Gasteiger partial charge in [-0.1, -0.05) is 44.2 Å². The molecule has 0 spiro atoms. The highest BCUT2D eigenvalue weighted by molar-refractivity contribution is 7.17. The molecule has 0 unspecified atom stereocenters. The van der Waals surface area contributed by atoms with Crippen LogP contribution in [0.25, 0.3) is 10.6 Å². The van der Waals surface area contributed by atoms with Crippen molar-refractivity contribution < 1.29 is 9.53 Å². The molecular weight excluding hydrogens is 308 g/mol. The van der Waals surface area contributed by atoms with E-state index in [-0.39, 0.29) is 5.91 Å². The maximum atomic E-state index is 12.3. The summed E-state index contributed by atoms with van der Waals surface area (Å²) >= 11 is 1.44. The van der Waals surface area contributed by atoms with Gasteiger partial charge in [-0.25, -0.2) is 4.98 Å². The fourth-order valence-corrected chi connectivity index (χ4v) is 3.07. The minimum atomic E-state index is -0.0500. The van der Waals surface area contributed by atoms with Gasteiger partial charge in [0.1, 0.15) is 9.88 Å². The van der Waals surface area contributed by atoms with Crippen molar-refractivity contribution in [1.82, 2.24) is 10.3 Å². The lowest BCUT2D eigenvalue weighted by molar-refractivity contribution is 0.0928. The fourth-order valence-electron chi connectivity index (χ4n) is 2.09. The summed E-state index contributed by atoms with van der Waals surface area (Å²) in [6.07, 6.45) is 0.821. The van der Waals surface area contributed by atoms with E-state index >= 15 is 0 Å². The van der Waals surface area contributed by atoms with Crippen molar-refractivity contribution in [2.45, 2.75) is 27.2 Å². The highest BCUT2D eigenvalue weighted by atomic mass is 32.1. The van der Waals surface area contributed by atoms with E-state index in [0.717, 1.165) is 29.3 Å². The van der Waals surface area contributed by atoms with Gasteiger partial charge in [0.05, 0.1) is 5.69 Å². The van der Waals surface area contributed by atoms with Crippen molar-refractivity contribution in [3.8, 4) is 10.6 Å². The normalized spacial score (nSPS) is 11.0. The zero-order chi connectivity index (χ0) is 16.7. The standard InChI is InChI=1S/C18H24N2O2S/c1-13(2)12-22-11-7-10-19-17(21)16-14(3)20-18(23-16)15-8-5-4-6-9-15/h4-6,8-9,13H,7,10-12H2,1-3H3,(H,19,21). The van der Waals surface area contributed by atoms with Gasteiger partial charge in [-0.15, -0.1) is 11.3 Å². The molecule has 0 saturated heterocycles. The maximum Gasteiger partial charge on any atom is 0.263 e. The van der Waals surface area contributed by atoms with E-state index in [1.165, 1.54) is 11.3 Å². The van der Waals surface area contributed by atoms with E-state index in [9.17, 15) is 4.79 Å². The lowest BCUT2D eigenvalue weighted by Gasteiger charge is -2.07. The largest absolute Gasteiger partial charge is 0.381 e. The second-order valence-electron chi connectivity index (χ2n) is 5.88. The van der Waals surface area contributed by atoms with Crippen molar-refractivity contribution in [3.05, 3.63) is 40.9 Å². The zero-order valence-corrected chi connectivity index (χ0v) is 14.8. The van der Waals surface area contributed by atoms with Crippen LogP contribution < -0.4 is 5.32 Å². The second kappa shape index (κ2) is 8.79. The van der Waals surface area contributed by atoms with Crippen LogP contribution in [-0.2, 0) is 4.74 Å². The molecule has 0 aliphatic carbocycles. The molecule has 0 bridgehead atoms. The first kappa shape index (κ1) is 17.6. The van der Waals surface area contributed by atoms with Crippen LogP contribution >= 0.6 is 11.3 Å². The van der Waals surface area contributed by atoms with Gasteiger partial charge in [-0.05, 0) is 19.3 Å². The van der Waals surface area contributed by atoms with Gasteiger partial charge in [-0.3, -0.25) is 4.79 Å². The molecule has 4 nitrogen and oxygen atoms in total. The molecule has 1 amide bonds. The Labute approximate surface area is 141 Å². The molecule has 1 aromatic carbocycles. The Morgan fingerprint density at radius 2 is 2.04 bits per heavy atom. The average Bonchev–Trinajstić information content (AvgIpc) is 2.93. The molecule has 23 heavy (non-hydrogen) atoms. The number of hydrogen-bond acceptors (Lipinski definition) is 4. The third kappa shape index (κ3) is 5.44. The number of nitrogens with zero attached hydrogens (tertiary/aromatic N) is 1. The van der Waals surface area contributed by atoms with Crippen molar-refractivity contribution in [2.24, 2.45) is 5.92 Å². The molecule has 0 radical (unpaired) electrons. The summed E-state index contributed by atoms with van der Waals surface area (Å²) in [5, 5.41) is 3.83. The van der Waals surface area contributed by atoms with Gasteiger partial charge >= 0.3 is 0 Å². The molecule has 2 rings (SSSR count). The van der Waals surface area contributed by atoms with Gasteiger partial charge in [0.2, 0.25) is 0 Å². The van der Waals surface area contributed by atoms with E-state index in [4.69, 9.17) is 4.74 Å². The lowest BCUT2D eigenvalue weighted by Crippen LogP contribution is -2.25. The Kier molecular flexibility index (Phi) is 6.74. The van der Waals surface area contributed by atoms with Gasteiger partial charge in [-0.2, -0.15) is 0 Å². The van der Waals surface area contributed by atoms with Crippen molar-refractivity contribution in [2.75, 3.05) is 19.8 Å². The monoisotopic (exact) mass is 332 g/mol. The summed E-state index contributed by atoms with van der Waals surface area (Å²) in [7, 11) is 0. The predicted octanol–water partition coefficient (Wildman–Crippen LogP) is 3.91. The minimum Gasteiger partial charge on any atom is -0.381 e. The number of carbonyl (C=O) groups excluding carboxylic acids is 1. The number of carbonyl (C=O) groups is 1. The zero-order valence-electron chi connectivity index (χ0n) is 14.0. The smallest absolute Gasteiger partial charge is 0.263 e.